The van der Waals surface area contributed by atoms with Crippen LogP contribution in [0.1, 0.15) is 22.5 Å². The summed E-state index contributed by atoms with van der Waals surface area (Å²) in [6.45, 7) is 5.09. The number of amides is 1. The maximum atomic E-state index is 12.0. The Balaban J connectivity index is 1.77. The molecule has 1 aliphatic rings. The van der Waals surface area contributed by atoms with Crippen LogP contribution in [0.2, 0.25) is 10.0 Å². The Morgan fingerprint density at radius 1 is 1.35 bits per heavy atom. The summed E-state index contributed by atoms with van der Waals surface area (Å²) in [6.07, 6.45) is 3.28. The topological polar surface area (TPSA) is 59.3 Å². The molecule has 8 heteroatoms. The first-order valence-electron chi connectivity index (χ1n) is 8.09. The van der Waals surface area contributed by atoms with Crippen LogP contribution in [-0.4, -0.2) is 33.2 Å². The van der Waals surface area contributed by atoms with E-state index in [1.54, 1.807) is 17.8 Å². The summed E-state index contributed by atoms with van der Waals surface area (Å²) in [5.74, 6) is 0.716. The van der Waals surface area contributed by atoms with E-state index in [0.717, 1.165) is 34.8 Å². The van der Waals surface area contributed by atoms with Gasteiger partial charge in [0.15, 0.2) is 5.17 Å². The van der Waals surface area contributed by atoms with Crippen molar-refractivity contribution in [1.29, 1.82) is 0 Å². The van der Waals surface area contributed by atoms with Crippen molar-refractivity contribution in [2.75, 3.05) is 12.3 Å². The van der Waals surface area contributed by atoms with Crippen LogP contribution < -0.4 is 5.32 Å². The third kappa shape index (κ3) is 4.31. The highest BCUT2D eigenvalue weighted by atomic mass is 35.5. The summed E-state index contributed by atoms with van der Waals surface area (Å²) < 4.78 is 1.84. The SMILES string of the molecule is Cc1nn(Cc2c(Cl)cccc2Cl)c(C)c1C=CC(=O)NC1=NCCS1. The highest BCUT2D eigenvalue weighted by Crippen LogP contribution is 2.26. The molecular weight excluding hydrogens is 391 g/mol. The molecule has 0 aliphatic carbocycles. The fourth-order valence-electron chi connectivity index (χ4n) is 2.66. The Labute approximate surface area is 166 Å². The molecule has 0 fully saturated rings. The van der Waals surface area contributed by atoms with Gasteiger partial charge in [0.25, 0.3) is 0 Å². The zero-order valence-corrected chi connectivity index (χ0v) is 16.8. The number of amidine groups is 1. The van der Waals surface area contributed by atoms with E-state index < -0.39 is 0 Å². The largest absolute Gasteiger partial charge is 0.302 e. The predicted molar refractivity (Wildman–Crippen MR) is 109 cm³/mol. The summed E-state index contributed by atoms with van der Waals surface area (Å²) in [6, 6.07) is 5.43. The minimum absolute atomic E-state index is 0.196. The van der Waals surface area contributed by atoms with Crippen LogP contribution in [0.4, 0.5) is 0 Å². The second kappa shape index (κ2) is 8.29. The van der Waals surface area contributed by atoms with E-state index in [-0.39, 0.29) is 5.91 Å². The van der Waals surface area contributed by atoms with Gasteiger partial charge in [0.1, 0.15) is 0 Å². The first-order chi connectivity index (χ1) is 12.5. The van der Waals surface area contributed by atoms with Gasteiger partial charge in [0.2, 0.25) is 5.91 Å². The minimum atomic E-state index is -0.196. The molecule has 1 aliphatic heterocycles. The number of carbonyl (C=O) groups excluding carboxylic acids is 1. The van der Waals surface area contributed by atoms with Crippen LogP contribution in [0.15, 0.2) is 29.3 Å². The average molecular weight is 409 g/mol. The molecule has 26 heavy (non-hydrogen) atoms. The van der Waals surface area contributed by atoms with E-state index in [1.807, 2.05) is 36.7 Å². The molecular formula is C18H18Cl2N4OS. The Bertz CT molecular complexity index is 885. The number of halogens is 2. The predicted octanol–water partition coefficient (Wildman–Crippen LogP) is 4.09. The van der Waals surface area contributed by atoms with Crippen molar-refractivity contribution in [1.82, 2.24) is 15.1 Å². The lowest BCUT2D eigenvalue weighted by molar-refractivity contribution is -0.115. The third-order valence-electron chi connectivity index (χ3n) is 4.02. The summed E-state index contributed by atoms with van der Waals surface area (Å²) in [7, 11) is 0. The molecule has 5 nitrogen and oxygen atoms in total. The number of nitrogens with one attached hydrogen (secondary N) is 1. The van der Waals surface area contributed by atoms with Gasteiger partial charge >= 0.3 is 0 Å². The summed E-state index contributed by atoms with van der Waals surface area (Å²) in [5.41, 5.74) is 3.51. The van der Waals surface area contributed by atoms with E-state index >= 15 is 0 Å². The summed E-state index contributed by atoms with van der Waals surface area (Å²) in [5, 5.41) is 9.23. The van der Waals surface area contributed by atoms with Crippen LogP contribution in [0.25, 0.3) is 6.08 Å². The van der Waals surface area contributed by atoms with Gasteiger partial charge in [-0.05, 0) is 32.1 Å². The fourth-order valence-corrected chi connectivity index (χ4v) is 3.90. The standard InChI is InChI=1S/C18H18Cl2N4OS/c1-11-13(6-7-17(25)22-18-21-8-9-26-18)12(2)24(23-11)10-14-15(19)4-3-5-16(14)20/h3-7H,8-10H2,1-2H3,(H,21,22,25). The molecule has 136 valence electrons. The Kier molecular flexibility index (Phi) is 6.06. The monoisotopic (exact) mass is 408 g/mol. The van der Waals surface area contributed by atoms with Gasteiger partial charge < -0.3 is 5.32 Å². The van der Waals surface area contributed by atoms with E-state index in [1.165, 1.54) is 6.08 Å². The smallest absolute Gasteiger partial charge is 0.249 e. The van der Waals surface area contributed by atoms with Crippen LogP contribution >= 0.6 is 35.0 Å². The highest BCUT2D eigenvalue weighted by Gasteiger charge is 2.14. The minimum Gasteiger partial charge on any atom is -0.302 e. The summed E-state index contributed by atoms with van der Waals surface area (Å²) >= 11 is 14.1. The van der Waals surface area contributed by atoms with Gasteiger partial charge in [-0.2, -0.15) is 5.10 Å². The normalized spacial score (nSPS) is 14.1. The number of thioether (sulfide) groups is 1. The number of hydrogen-bond acceptors (Lipinski definition) is 4. The van der Waals surface area contributed by atoms with Gasteiger partial charge in [-0.3, -0.25) is 14.5 Å². The number of rotatable bonds is 4. The lowest BCUT2D eigenvalue weighted by Crippen LogP contribution is -2.25. The van der Waals surface area contributed by atoms with Crippen LogP contribution in [0, 0.1) is 13.8 Å². The van der Waals surface area contributed by atoms with Gasteiger partial charge in [0, 0.05) is 38.7 Å². The maximum absolute atomic E-state index is 12.0. The van der Waals surface area contributed by atoms with Crippen molar-refractivity contribution in [3.05, 3.63) is 56.8 Å². The maximum Gasteiger partial charge on any atom is 0.249 e. The number of aliphatic imine (C=N–C) groups is 1. The molecule has 0 atom stereocenters. The molecule has 1 aromatic heterocycles. The molecule has 0 unspecified atom stereocenters. The number of aromatic nitrogens is 2. The Hall–Kier alpha value is -1.76. The number of hydrogen-bond donors (Lipinski definition) is 1. The van der Waals surface area contributed by atoms with Crippen molar-refractivity contribution in [2.24, 2.45) is 4.99 Å². The summed E-state index contributed by atoms with van der Waals surface area (Å²) in [4.78, 5) is 16.2. The fraction of sp³-hybridized carbons (Fsp3) is 0.278. The van der Waals surface area contributed by atoms with E-state index in [9.17, 15) is 4.79 Å². The van der Waals surface area contributed by atoms with Crippen molar-refractivity contribution >= 4 is 52.1 Å². The molecule has 0 saturated heterocycles. The second-order valence-electron chi connectivity index (χ2n) is 5.80. The van der Waals surface area contributed by atoms with Crippen LogP contribution in [0.5, 0.6) is 0 Å². The van der Waals surface area contributed by atoms with Crippen molar-refractivity contribution < 1.29 is 4.79 Å². The van der Waals surface area contributed by atoms with Crippen molar-refractivity contribution in [3.63, 3.8) is 0 Å². The lowest BCUT2D eigenvalue weighted by atomic mass is 10.1. The molecule has 3 rings (SSSR count). The van der Waals surface area contributed by atoms with E-state index in [2.05, 4.69) is 15.4 Å². The van der Waals surface area contributed by atoms with Gasteiger partial charge in [-0.25, -0.2) is 0 Å². The number of carbonyl (C=O) groups is 1. The first kappa shape index (κ1) is 19.0. The highest BCUT2D eigenvalue weighted by molar-refractivity contribution is 8.14. The van der Waals surface area contributed by atoms with Crippen molar-refractivity contribution in [2.45, 2.75) is 20.4 Å². The average Bonchev–Trinajstić information content (AvgIpc) is 3.18. The Morgan fingerprint density at radius 3 is 2.73 bits per heavy atom. The van der Waals surface area contributed by atoms with Gasteiger partial charge in [-0.15, -0.1) is 0 Å². The number of nitrogens with zero attached hydrogens (tertiary/aromatic N) is 3. The second-order valence-corrected chi connectivity index (χ2v) is 7.70. The number of benzene rings is 1. The molecule has 0 radical (unpaired) electrons. The zero-order chi connectivity index (χ0) is 18.7. The van der Waals surface area contributed by atoms with Gasteiger partial charge in [0.05, 0.1) is 18.8 Å². The molecule has 1 amide bonds. The van der Waals surface area contributed by atoms with Gasteiger partial charge in [-0.1, -0.05) is 41.0 Å². The number of aryl methyl sites for hydroxylation is 1. The molecule has 1 N–H and O–H groups in total. The lowest BCUT2D eigenvalue weighted by Gasteiger charge is -2.09. The van der Waals surface area contributed by atoms with E-state index in [0.29, 0.717) is 21.8 Å². The molecule has 0 saturated carbocycles. The quantitative estimate of drug-likeness (QED) is 0.774. The molecule has 2 heterocycles. The van der Waals surface area contributed by atoms with Crippen LogP contribution in [-0.2, 0) is 11.3 Å². The first-order valence-corrected chi connectivity index (χ1v) is 9.83. The third-order valence-corrected chi connectivity index (χ3v) is 5.62. The zero-order valence-electron chi connectivity index (χ0n) is 14.4. The molecule has 1 aromatic carbocycles. The molecule has 0 spiro atoms. The Morgan fingerprint density at radius 2 is 2.08 bits per heavy atom. The molecule has 2 aromatic rings. The van der Waals surface area contributed by atoms with E-state index in [4.69, 9.17) is 23.2 Å². The molecule has 0 bridgehead atoms. The van der Waals surface area contributed by atoms with Crippen molar-refractivity contribution in [3.8, 4) is 0 Å². The van der Waals surface area contributed by atoms with Crippen LogP contribution in [0.3, 0.4) is 0 Å².